The van der Waals surface area contributed by atoms with Gasteiger partial charge in [0.05, 0.1) is 18.4 Å². The van der Waals surface area contributed by atoms with E-state index in [1.54, 1.807) is 7.11 Å². The Morgan fingerprint density at radius 2 is 2.10 bits per heavy atom. The van der Waals surface area contributed by atoms with Crippen molar-refractivity contribution in [2.24, 2.45) is 0 Å². The highest BCUT2D eigenvalue weighted by Gasteiger charge is 2.30. The zero-order valence-corrected chi connectivity index (χ0v) is 12.6. The third kappa shape index (κ3) is 3.09. The van der Waals surface area contributed by atoms with E-state index in [2.05, 4.69) is 22.0 Å². The lowest BCUT2D eigenvalue weighted by Crippen LogP contribution is -2.28. The molecule has 1 aliphatic heterocycles. The van der Waals surface area contributed by atoms with Crippen LogP contribution < -0.4 is 4.90 Å². The summed E-state index contributed by atoms with van der Waals surface area (Å²) in [7, 11) is 1.66. The summed E-state index contributed by atoms with van der Waals surface area (Å²) in [5.74, 6) is 0.812. The van der Waals surface area contributed by atoms with Gasteiger partial charge in [-0.1, -0.05) is 0 Å². The molecule has 0 amide bonds. The van der Waals surface area contributed by atoms with E-state index in [4.69, 9.17) is 9.47 Å². The monoisotopic (exact) mass is 290 g/mol. The lowest BCUT2D eigenvalue weighted by atomic mass is 9.86. The molecule has 1 saturated carbocycles. The molecule has 2 fully saturated rings. The van der Waals surface area contributed by atoms with Crippen molar-refractivity contribution in [3.8, 4) is 0 Å². The maximum atomic E-state index is 11.3. The van der Waals surface area contributed by atoms with Gasteiger partial charge in [0.1, 0.15) is 12.0 Å². The van der Waals surface area contributed by atoms with Crippen molar-refractivity contribution >= 4 is 11.5 Å². The van der Waals surface area contributed by atoms with E-state index in [9.17, 15) is 4.79 Å². The van der Waals surface area contributed by atoms with Crippen LogP contribution >= 0.6 is 0 Å². The van der Waals surface area contributed by atoms with Crippen molar-refractivity contribution in [2.45, 2.75) is 51.0 Å². The molecule has 114 valence electrons. The first-order chi connectivity index (χ1) is 10.2. The Kier molecular flexibility index (Phi) is 4.22. The Morgan fingerprint density at radius 3 is 2.67 bits per heavy atom. The summed E-state index contributed by atoms with van der Waals surface area (Å²) >= 11 is 0. The highest BCUT2D eigenvalue weighted by atomic mass is 16.7. The SMILES string of the molecule is COC1CN(c2ccc(C3CCC(=O)CC3)nc2)C(C)O1. The summed E-state index contributed by atoms with van der Waals surface area (Å²) in [6.07, 6.45) is 4.98. The number of nitrogens with zero attached hydrogens (tertiary/aromatic N) is 2. The molecule has 21 heavy (non-hydrogen) atoms. The molecule has 1 aliphatic carbocycles. The molecular formula is C16H22N2O3. The quantitative estimate of drug-likeness (QED) is 0.856. The molecule has 3 rings (SSSR count). The third-order valence-corrected chi connectivity index (χ3v) is 4.46. The van der Waals surface area contributed by atoms with Crippen LogP contribution in [0.2, 0.25) is 0 Å². The van der Waals surface area contributed by atoms with Gasteiger partial charge in [-0.3, -0.25) is 9.78 Å². The number of methoxy groups -OCH3 is 1. The van der Waals surface area contributed by atoms with Crippen LogP contribution in [-0.2, 0) is 14.3 Å². The summed E-state index contributed by atoms with van der Waals surface area (Å²) in [5, 5.41) is 0. The maximum absolute atomic E-state index is 11.3. The molecule has 1 aromatic rings. The number of ether oxygens (including phenoxy) is 2. The first-order valence-electron chi connectivity index (χ1n) is 7.60. The Balaban J connectivity index is 1.68. The summed E-state index contributed by atoms with van der Waals surface area (Å²) in [5.41, 5.74) is 2.15. The van der Waals surface area contributed by atoms with Crippen molar-refractivity contribution in [3.63, 3.8) is 0 Å². The molecule has 5 heteroatoms. The molecule has 2 aliphatic rings. The predicted molar refractivity (Wildman–Crippen MR) is 79.1 cm³/mol. The largest absolute Gasteiger partial charge is 0.354 e. The van der Waals surface area contributed by atoms with E-state index < -0.39 is 0 Å². The fourth-order valence-corrected chi connectivity index (χ4v) is 3.14. The molecule has 0 bridgehead atoms. The van der Waals surface area contributed by atoms with Crippen LogP contribution in [-0.4, -0.2) is 36.9 Å². The molecular weight excluding hydrogens is 268 g/mol. The molecule has 0 aromatic carbocycles. The first kappa shape index (κ1) is 14.5. The smallest absolute Gasteiger partial charge is 0.177 e. The molecule has 2 heterocycles. The number of rotatable bonds is 3. The zero-order chi connectivity index (χ0) is 14.8. The maximum Gasteiger partial charge on any atom is 0.177 e. The van der Waals surface area contributed by atoms with Crippen molar-refractivity contribution in [1.29, 1.82) is 0 Å². The number of anilines is 1. The summed E-state index contributed by atoms with van der Waals surface area (Å²) in [4.78, 5) is 18.1. The molecule has 0 radical (unpaired) electrons. The molecule has 0 N–H and O–H groups in total. The van der Waals surface area contributed by atoms with E-state index in [0.29, 0.717) is 24.5 Å². The van der Waals surface area contributed by atoms with Gasteiger partial charge in [-0.25, -0.2) is 0 Å². The van der Waals surface area contributed by atoms with Gasteiger partial charge in [-0.15, -0.1) is 0 Å². The molecule has 2 unspecified atom stereocenters. The average molecular weight is 290 g/mol. The zero-order valence-electron chi connectivity index (χ0n) is 12.6. The van der Waals surface area contributed by atoms with Gasteiger partial charge in [0.2, 0.25) is 0 Å². The van der Waals surface area contributed by atoms with E-state index in [0.717, 1.165) is 30.8 Å². The van der Waals surface area contributed by atoms with Crippen molar-refractivity contribution in [1.82, 2.24) is 4.98 Å². The van der Waals surface area contributed by atoms with Crippen LogP contribution in [0.15, 0.2) is 18.3 Å². The minimum absolute atomic E-state index is 0.00472. The lowest BCUT2D eigenvalue weighted by molar-refractivity contribution is -0.120. The van der Waals surface area contributed by atoms with E-state index in [1.807, 2.05) is 13.1 Å². The van der Waals surface area contributed by atoms with Crippen molar-refractivity contribution in [2.75, 3.05) is 18.6 Å². The molecule has 0 spiro atoms. The van der Waals surface area contributed by atoms with Crippen molar-refractivity contribution < 1.29 is 14.3 Å². The Morgan fingerprint density at radius 1 is 1.33 bits per heavy atom. The number of carbonyl (C=O) groups excluding carboxylic acids is 1. The van der Waals surface area contributed by atoms with Crippen LogP contribution in [0.4, 0.5) is 5.69 Å². The molecule has 5 nitrogen and oxygen atoms in total. The molecule has 2 atom stereocenters. The van der Waals surface area contributed by atoms with E-state index >= 15 is 0 Å². The first-order valence-corrected chi connectivity index (χ1v) is 7.60. The Hall–Kier alpha value is -1.46. The summed E-state index contributed by atoms with van der Waals surface area (Å²) in [6.45, 7) is 2.73. The Labute approximate surface area is 125 Å². The average Bonchev–Trinajstić information content (AvgIpc) is 2.89. The third-order valence-electron chi connectivity index (χ3n) is 4.46. The topological polar surface area (TPSA) is 51.7 Å². The second kappa shape index (κ2) is 6.12. The normalized spacial score (nSPS) is 27.3. The number of pyridine rings is 1. The van der Waals surface area contributed by atoms with E-state index in [-0.39, 0.29) is 12.5 Å². The number of ketones is 1. The van der Waals surface area contributed by atoms with Gasteiger partial charge in [0.25, 0.3) is 0 Å². The predicted octanol–water partition coefficient (Wildman–Crippen LogP) is 2.46. The highest BCUT2D eigenvalue weighted by Crippen LogP contribution is 2.31. The number of aromatic nitrogens is 1. The summed E-state index contributed by atoms with van der Waals surface area (Å²) < 4.78 is 10.9. The van der Waals surface area contributed by atoms with Crippen LogP contribution in [0.1, 0.15) is 44.2 Å². The minimum Gasteiger partial charge on any atom is -0.354 e. The van der Waals surface area contributed by atoms with Gasteiger partial charge in [-0.2, -0.15) is 0 Å². The standard InChI is InChI=1S/C16H22N2O3/c1-11-18(10-16(20-2)21-11)13-5-8-15(17-9-13)12-3-6-14(19)7-4-12/h5,8-9,11-12,16H,3-4,6-7,10H2,1-2H3. The molecule has 1 aromatic heterocycles. The minimum atomic E-state index is -0.177. The van der Waals surface area contributed by atoms with Crippen LogP contribution in [0.3, 0.4) is 0 Å². The number of hydrogen-bond acceptors (Lipinski definition) is 5. The van der Waals surface area contributed by atoms with Gasteiger partial charge >= 0.3 is 0 Å². The second-order valence-corrected chi connectivity index (χ2v) is 5.81. The van der Waals surface area contributed by atoms with Crippen LogP contribution in [0.25, 0.3) is 0 Å². The van der Waals surface area contributed by atoms with Gasteiger partial charge in [0, 0.05) is 31.6 Å². The summed E-state index contributed by atoms with van der Waals surface area (Å²) in [6, 6.07) is 4.18. The van der Waals surface area contributed by atoms with Gasteiger partial charge in [-0.05, 0) is 31.9 Å². The fraction of sp³-hybridized carbons (Fsp3) is 0.625. The number of Topliss-reactive ketones (excluding diaryl/α,β-unsaturated/α-hetero) is 1. The lowest BCUT2D eigenvalue weighted by Gasteiger charge is -2.23. The molecule has 1 saturated heterocycles. The van der Waals surface area contributed by atoms with Gasteiger partial charge < -0.3 is 14.4 Å². The fourth-order valence-electron chi connectivity index (χ4n) is 3.14. The van der Waals surface area contributed by atoms with Crippen molar-refractivity contribution in [3.05, 3.63) is 24.0 Å². The Bertz CT molecular complexity index is 493. The van der Waals surface area contributed by atoms with Crippen LogP contribution in [0, 0.1) is 0 Å². The second-order valence-electron chi connectivity index (χ2n) is 5.81. The number of hydrogen-bond donors (Lipinski definition) is 0. The number of carbonyl (C=O) groups is 1. The van der Waals surface area contributed by atoms with E-state index in [1.165, 1.54) is 0 Å². The highest BCUT2D eigenvalue weighted by molar-refractivity contribution is 5.79. The van der Waals surface area contributed by atoms with Gasteiger partial charge in [0.15, 0.2) is 6.29 Å². The van der Waals surface area contributed by atoms with Crippen LogP contribution in [0.5, 0.6) is 0 Å².